The number of hydrogen-bond acceptors (Lipinski definition) is 3. The summed E-state index contributed by atoms with van der Waals surface area (Å²) in [6.07, 6.45) is 0. The number of quaternary nitrogens is 1. The van der Waals surface area contributed by atoms with Gasteiger partial charge in [-0.3, -0.25) is 4.79 Å². The van der Waals surface area contributed by atoms with Gasteiger partial charge in [-0.15, -0.1) is 11.3 Å². The zero-order valence-corrected chi connectivity index (χ0v) is 14.1. The number of hydrogen-bond donors (Lipinski definition) is 2. The monoisotopic (exact) mass is 366 g/mol. The van der Waals surface area contributed by atoms with Crippen molar-refractivity contribution in [2.45, 2.75) is 6.54 Å². The van der Waals surface area contributed by atoms with Gasteiger partial charge in [0.05, 0.1) is 23.0 Å². The summed E-state index contributed by atoms with van der Waals surface area (Å²) in [6.45, 7) is 0.557. The lowest BCUT2D eigenvalue weighted by molar-refractivity contribution is -0.885. The number of benzene rings is 2. The SMILES string of the molecule is C[NH+](CC(=O)Nc1ccc(F)c(F)c1F)Cc1nc2ccccc2s1. The maximum absolute atomic E-state index is 13.6. The lowest BCUT2D eigenvalue weighted by atomic mass is 10.2. The minimum Gasteiger partial charge on any atom is -0.324 e. The van der Waals surface area contributed by atoms with E-state index < -0.39 is 23.4 Å². The number of amides is 1. The molecule has 2 aromatic carbocycles. The van der Waals surface area contributed by atoms with Crippen molar-refractivity contribution in [1.82, 2.24) is 4.98 Å². The average Bonchev–Trinajstić information content (AvgIpc) is 2.97. The Morgan fingerprint density at radius 3 is 2.68 bits per heavy atom. The predicted octanol–water partition coefficient (Wildman–Crippen LogP) is 2.37. The van der Waals surface area contributed by atoms with Crippen LogP contribution in [-0.4, -0.2) is 24.5 Å². The van der Waals surface area contributed by atoms with Gasteiger partial charge in [0, 0.05) is 0 Å². The Hall–Kier alpha value is -2.45. The number of nitrogens with one attached hydrogen (secondary N) is 2. The molecule has 130 valence electrons. The molecule has 0 aliphatic rings. The highest BCUT2D eigenvalue weighted by Crippen LogP contribution is 2.21. The molecule has 2 N–H and O–H groups in total. The Morgan fingerprint density at radius 2 is 1.92 bits per heavy atom. The van der Waals surface area contributed by atoms with Crippen LogP contribution in [0, 0.1) is 17.5 Å². The number of para-hydroxylation sites is 1. The lowest BCUT2D eigenvalue weighted by Crippen LogP contribution is -3.08. The molecular formula is C17H15F3N3OS+. The summed E-state index contributed by atoms with van der Waals surface area (Å²) in [5, 5.41) is 3.14. The maximum atomic E-state index is 13.6. The number of carbonyl (C=O) groups is 1. The summed E-state index contributed by atoms with van der Waals surface area (Å²) in [7, 11) is 1.80. The summed E-state index contributed by atoms with van der Waals surface area (Å²) in [5.74, 6) is -4.80. The highest BCUT2D eigenvalue weighted by Gasteiger charge is 2.18. The molecule has 1 aromatic heterocycles. The fraction of sp³-hybridized carbons (Fsp3) is 0.176. The number of aromatic nitrogens is 1. The third-order valence-corrected chi connectivity index (χ3v) is 4.60. The standard InChI is InChI=1S/C17H14F3N3OS/c1-23(9-15-22-11-4-2-3-5-13(11)25-15)8-14(24)21-12-7-6-10(18)16(19)17(12)20/h2-7H,8-9H2,1H3,(H,21,24)/p+1. The van der Waals surface area contributed by atoms with Crippen molar-refractivity contribution in [2.75, 3.05) is 18.9 Å². The first-order valence-electron chi connectivity index (χ1n) is 7.53. The van der Waals surface area contributed by atoms with Gasteiger partial charge < -0.3 is 10.2 Å². The molecule has 0 aliphatic carbocycles. The summed E-state index contributed by atoms with van der Waals surface area (Å²) in [4.78, 5) is 17.3. The normalized spacial score (nSPS) is 12.3. The molecule has 1 atom stereocenters. The molecule has 25 heavy (non-hydrogen) atoms. The maximum Gasteiger partial charge on any atom is 0.279 e. The Labute approximate surface area is 145 Å². The molecule has 0 saturated carbocycles. The minimum atomic E-state index is -1.60. The topological polar surface area (TPSA) is 46.4 Å². The number of fused-ring (bicyclic) bond motifs is 1. The highest BCUT2D eigenvalue weighted by molar-refractivity contribution is 7.18. The van der Waals surface area contributed by atoms with Crippen LogP contribution in [0.3, 0.4) is 0 Å². The van der Waals surface area contributed by atoms with Gasteiger partial charge in [-0.25, -0.2) is 18.2 Å². The van der Waals surface area contributed by atoms with E-state index in [9.17, 15) is 18.0 Å². The van der Waals surface area contributed by atoms with Gasteiger partial charge in [-0.2, -0.15) is 0 Å². The van der Waals surface area contributed by atoms with Crippen LogP contribution in [0.4, 0.5) is 18.9 Å². The second kappa shape index (κ2) is 7.20. The van der Waals surface area contributed by atoms with Crippen molar-refractivity contribution >= 4 is 33.1 Å². The number of likely N-dealkylation sites (N-methyl/N-ethyl adjacent to an activating group) is 1. The van der Waals surface area contributed by atoms with E-state index in [2.05, 4.69) is 10.3 Å². The summed E-state index contributed by atoms with van der Waals surface area (Å²) in [6, 6.07) is 9.50. The molecule has 3 rings (SSSR count). The van der Waals surface area contributed by atoms with E-state index in [4.69, 9.17) is 0 Å². The first-order valence-corrected chi connectivity index (χ1v) is 8.35. The Bertz CT molecular complexity index is 896. The molecular weight excluding hydrogens is 351 g/mol. The third kappa shape index (κ3) is 3.97. The summed E-state index contributed by atoms with van der Waals surface area (Å²) in [5.41, 5.74) is 0.528. The molecule has 4 nitrogen and oxygen atoms in total. The fourth-order valence-electron chi connectivity index (χ4n) is 2.41. The summed E-state index contributed by atoms with van der Waals surface area (Å²) < 4.78 is 40.7. The smallest absolute Gasteiger partial charge is 0.279 e. The minimum absolute atomic E-state index is 0.0361. The van der Waals surface area contributed by atoms with Crippen LogP contribution in [0.1, 0.15) is 5.01 Å². The van der Waals surface area contributed by atoms with Gasteiger partial charge in [0.25, 0.3) is 5.91 Å². The third-order valence-electron chi connectivity index (χ3n) is 3.56. The highest BCUT2D eigenvalue weighted by atomic mass is 32.1. The average molecular weight is 366 g/mol. The van der Waals surface area contributed by atoms with Crippen molar-refractivity contribution in [3.63, 3.8) is 0 Å². The van der Waals surface area contributed by atoms with Gasteiger partial charge in [0.2, 0.25) is 0 Å². The first kappa shape index (κ1) is 17.4. The van der Waals surface area contributed by atoms with Gasteiger partial charge in [0.1, 0.15) is 11.6 Å². The van der Waals surface area contributed by atoms with Gasteiger partial charge in [-0.1, -0.05) is 12.1 Å². The van der Waals surface area contributed by atoms with Crippen LogP contribution >= 0.6 is 11.3 Å². The van der Waals surface area contributed by atoms with E-state index in [0.29, 0.717) is 6.54 Å². The number of anilines is 1. The molecule has 0 radical (unpaired) electrons. The molecule has 3 aromatic rings. The molecule has 0 fully saturated rings. The largest absolute Gasteiger partial charge is 0.324 e. The molecule has 1 unspecified atom stereocenters. The quantitative estimate of drug-likeness (QED) is 0.681. The van der Waals surface area contributed by atoms with Crippen LogP contribution in [0.5, 0.6) is 0 Å². The van der Waals surface area contributed by atoms with E-state index in [1.807, 2.05) is 24.3 Å². The van der Waals surface area contributed by atoms with Crippen LogP contribution in [0.15, 0.2) is 36.4 Å². The molecule has 0 bridgehead atoms. The molecule has 1 amide bonds. The second-order valence-corrected chi connectivity index (χ2v) is 6.77. The molecule has 0 saturated heterocycles. The number of nitrogens with zero attached hydrogens (tertiary/aromatic N) is 1. The van der Waals surface area contributed by atoms with E-state index in [1.165, 1.54) is 0 Å². The zero-order chi connectivity index (χ0) is 18.0. The van der Waals surface area contributed by atoms with Crippen molar-refractivity contribution in [1.29, 1.82) is 0 Å². The fourth-order valence-corrected chi connectivity index (χ4v) is 3.49. The van der Waals surface area contributed by atoms with E-state index in [1.54, 1.807) is 18.4 Å². The van der Waals surface area contributed by atoms with Crippen molar-refractivity contribution in [3.8, 4) is 0 Å². The molecule has 1 heterocycles. The number of rotatable bonds is 5. The van der Waals surface area contributed by atoms with Crippen LogP contribution < -0.4 is 10.2 Å². The van der Waals surface area contributed by atoms with Crippen molar-refractivity contribution in [3.05, 3.63) is 58.9 Å². The van der Waals surface area contributed by atoms with E-state index in [0.717, 1.165) is 32.3 Å². The summed E-state index contributed by atoms with van der Waals surface area (Å²) >= 11 is 1.55. The Morgan fingerprint density at radius 1 is 1.16 bits per heavy atom. The van der Waals surface area contributed by atoms with Gasteiger partial charge in [0.15, 0.2) is 24.0 Å². The second-order valence-electron chi connectivity index (χ2n) is 5.66. The van der Waals surface area contributed by atoms with E-state index >= 15 is 0 Å². The zero-order valence-electron chi connectivity index (χ0n) is 13.3. The Kier molecular flexibility index (Phi) is 5.00. The predicted molar refractivity (Wildman–Crippen MR) is 90.0 cm³/mol. The molecule has 0 spiro atoms. The van der Waals surface area contributed by atoms with Gasteiger partial charge >= 0.3 is 0 Å². The number of thiazole rings is 1. The Balaban J connectivity index is 1.61. The lowest BCUT2D eigenvalue weighted by Gasteiger charge is -2.13. The number of carbonyl (C=O) groups excluding carboxylic acids is 1. The molecule has 0 aliphatic heterocycles. The van der Waals surface area contributed by atoms with Crippen LogP contribution in [-0.2, 0) is 11.3 Å². The van der Waals surface area contributed by atoms with Crippen LogP contribution in [0.2, 0.25) is 0 Å². The molecule has 8 heteroatoms. The number of halogens is 3. The van der Waals surface area contributed by atoms with Gasteiger partial charge in [-0.05, 0) is 24.3 Å². The van der Waals surface area contributed by atoms with E-state index in [-0.39, 0.29) is 12.2 Å². The first-order chi connectivity index (χ1) is 11.9. The van der Waals surface area contributed by atoms with Crippen molar-refractivity contribution < 1.29 is 22.9 Å². The van der Waals surface area contributed by atoms with Crippen molar-refractivity contribution in [2.24, 2.45) is 0 Å². The van der Waals surface area contributed by atoms with Crippen LogP contribution in [0.25, 0.3) is 10.2 Å².